The van der Waals surface area contributed by atoms with Gasteiger partial charge in [0.25, 0.3) is 11.8 Å². The lowest BCUT2D eigenvalue weighted by Crippen LogP contribution is -2.23. The molecule has 0 spiro atoms. The first kappa shape index (κ1) is 16.2. The van der Waals surface area contributed by atoms with Gasteiger partial charge in [0.1, 0.15) is 5.82 Å². The lowest BCUT2D eigenvalue weighted by Gasteiger charge is -2.15. The normalized spacial score (nSPS) is 13.5. The van der Waals surface area contributed by atoms with Gasteiger partial charge in [-0.25, -0.2) is 4.39 Å². The maximum Gasteiger partial charge on any atom is 0.314 e. The summed E-state index contributed by atoms with van der Waals surface area (Å²) in [6, 6.07) is 7.67. The highest BCUT2D eigenvalue weighted by Crippen LogP contribution is 2.28. The van der Waals surface area contributed by atoms with Gasteiger partial charge in [-0.3, -0.25) is 9.78 Å². The second-order valence-electron chi connectivity index (χ2n) is 5.72. The average Bonchev–Trinajstić information content (AvgIpc) is 3.23. The molecule has 0 saturated carbocycles. The Balaban J connectivity index is 1.60. The van der Waals surface area contributed by atoms with Crippen molar-refractivity contribution in [2.45, 2.75) is 19.5 Å². The number of amides is 1. The van der Waals surface area contributed by atoms with Crippen LogP contribution in [0.1, 0.15) is 33.9 Å². The number of alkyl halides is 2. The van der Waals surface area contributed by atoms with Crippen molar-refractivity contribution in [3.63, 3.8) is 0 Å². The monoisotopic (exact) mass is 360 g/mol. The van der Waals surface area contributed by atoms with Crippen LogP contribution in [0, 0.1) is 5.82 Å². The Labute approximate surface area is 145 Å². The van der Waals surface area contributed by atoms with Crippen LogP contribution in [0.5, 0.6) is 0 Å². The van der Waals surface area contributed by atoms with E-state index in [1.54, 1.807) is 18.2 Å². The van der Waals surface area contributed by atoms with Crippen molar-refractivity contribution in [3.05, 3.63) is 65.1 Å². The Kier molecular flexibility index (Phi) is 3.90. The maximum atomic E-state index is 13.8. The number of pyridine rings is 1. The minimum absolute atomic E-state index is 0.104. The van der Waals surface area contributed by atoms with Crippen LogP contribution in [0.4, 0.5) is 13.2 Å². The minimum Gasteiger partial charge on any atom is -0.415 e. The van der Waals surface area contributed by atoms with Crippen LogP contribution in [0.15, 0.2) is 40.9 Å². The van der Waals surface area contributed by atoms with Crippen LogP contribution in [-0.2, 0) is 13.1 Å². The second kappa shape index (κ2) is 6.25. The molecule has 3 aromatic rings. The van der Waals surface area contributed by atoms with Gasteiger partial charge in [-0.15, -0.1) is 10.2 Å². The van der Waals surface area contributed by atoms with Crippen LogP contribution in [0.3, 0.4) is 0 Å². The third-order valence-electron chi connectivity index (χ3n) is 4.02. The van der Waals surface area contributed by atoms with Crippen LogP contribution in [0.2, 0.25) is 0 Å². The largest absolute Gasteiger partial charge is 0.415 e. The number of hydrogen-bond acceptors (Lipinski definition) is 5. The second-order valence-corrected chi connectivity index (χ2v) is 5.72. The van der Waals surface area contributed by atoms with E-state index in [2.05, 4.69) is 15.2 Å². The molecule has 0 aliphatic carbocycles. The standard InChI is InChI=1S/C17H11F3N4O2/c18-12-4-2-1-3-9(12)7-24-8-13-11(17(24)25)5-10(6-21-13)15-22-23-16(26-15)14(19)20/h1-6,14H,7-8H2. The quantitative estimate of drug-likeness (QED) is 0.713. The van der Waals surface area contributed by atoms with Gasteiger partial charge in [0.15, 0.2) is 0 Å². The highest BCUT2D eigenvalue weighted by Gasteiger charge is 2.30. The van der Waals surface area contributed by atoms with E-state index in [1.165, 1.54) is 23.2 Å². The summed E-state index contributed by atoms with van der Waals surface area (Å²) in [5, 5.41) is 6.80. The number of benzene rings is 1. The Morgan fingerprint density at radius 3 is 2.77 bits per heavy atom. The molecule has 132 valence electrons. The molecule has 1 aromatic carbocycles. The highest BCUT2D eigenvalue weighted by atomic mass is 19.3. The summed E-state index contributed by atoms with van der Waals surface area (Å²) in [7, 11) is 0. The zero-order valence-corrected chi connectivity index (χ0v) is 13.2. The number of nitrogens with zero attached hydrogens (tertiary/aromatic N) is 4. The number of fused-ring (bicyclic) bond motifs is 1. The summed E-state index contributed by atoms with van der Waals surface area (Å²) >= 11 is 0. The van der Waals surface area contributed by atoms with Crippen molar-refractivity contribution in [1.82, 2.24) is 20.1 Å². The van der Waals surface area contributed by atoms with Gasteiger partial charge in [-0.2, -0.15) is 8.78 Å². The maximum absolute atomic E-state index is 13.8. The average molecular weight is 360 g/mol. The van der Waals surface area contributed by atoms with Crippen molar-refractivity contribution in [3.8, 4) is 11.5 Å². The van der Waals surface area contributed by atoms with E-state index in [0.717, 1.165) is 0 Å². The molecule has 0 atom stereocenters. The lowest BCUT2D eigenvalue weighted by molar-refractivity contribution is 0.0764. The number of halogens is 3. The van der Waals surface area contributed by atoms with E-state index >= 15 is 0 Å². The van der Waals surface area contributed by atoms with E-state index in [0.29, 0.717) is 16.8 Å². The molecule has 4 rings (SSSR count). The van der Waals surface area contributed by atoms with Crippen molar-refractivity contribution in [2.75, 3.05) is 0 Å². The first-order chi connectivity index (χ1) is 12.5. The van der Waals surface area contributed by atoms with Crippen molar-refractivity contribution >= 4 is 5.91 Å². The van der Waals surface area contributed by atoms with E-state index in [9.17, 15) is 18.0 Å². The summed E-state index contributed by atoms with van der Waals surface area (Å²) in [5.74, 6) is -1.66. The van der Waals surface area contributed by atoms with Crippen LogP contribution in [0.25, 0.3) is 11.5 Å². The third kappa shape index (κ3) is 2.81. The van der Waals surface area contributed by atoms with Gasteiger partial charge in [0, 0.05) is 18.3 Å². The Hall–Kier alpha value is -3.23. The van der Waals surface area contributed by atoms with Crippen molar-refractivity contribution in [1.29, 1.82) is 0 Å². The molecule has 0 radical (unpaired) electrons. The van der Waals surface area contributed by atoms with Crippen molar-refractivity contribution < 1.29 is 22.4 Å². The summed E-state index contributed by atoms with van der Waals surface area (Å²) in [6.07, 6.45) is -1.50. The van der Waals surface area contributed by atoms with Gasteiger partial charge >= 0.3 is 6.43 Å². The summed E-state index contributed by atoms with van der Waals surface area (Å²) < 4.78 is 43.8. The summed E-state index contributed by atoms with van der Waals surface area (Å²) in [5.41, 5.74) is 1.48. The third-order valence-corrected chi connectivity index (χ3v) is 4.02. The molecule has 2 aromatic heterocycles. The fourth-order valence-corrected chi connectivity index (χ4v) is 2.74. The molecule has 3 heterocycles. The van der Waals surface area contributed by atoms with Crippen LogP contribution >= 0.6 is 0 Å². The smallest absolute Gasteiger partial charge is 0.314 e. The van der Waals surface area contributed by atoms with Crippen LogP contribution in [-0.4, -0.2) is 26.0 Å². The van der Waals surface area contributed by atoms with Crippen molar-refractivity contribution in [2.24, 2.45) is 0 Å². The Bertz CT molecular complexity index is 990. The van der Waals surface area contributed by atoms with E-state index in [4.69, 9.17) is 4.42 Å². The predicted octanol–water partition coefficient (Wildman–Crippen LogP) is 3.36. The zero-order valence-electron chi connectivity index (χ0n) is 13.2. The molecule has 0 fully saturated rings. The van der Waals surface area contributed by atoms with Gasteiger partial charge in [-0.05, 0) is 12.1 Å². The SMILES string of the molecule is O=C1c2cc(-c3nnc(C(F)F)o3)cnc2CN1Cc1ccccc1F. The molecular weight excluding hydrogens is 349 g/mol. The first-order valence-corrected chi connectivity index (χ1v) is 7.66. The minimum atomic E-state index is -2.88. The van der Waals surface area contributed by atoms with Gasteiger partial charge in [0.05, 0.1) is 23.4 Å². The Morgan fingerprint density at radius 1 is 1.23 bits per heavy atom. The number of rotatable bonds is 4. The molecule has 0 bridgehead atoms. The topological polar surface area (TPSA) is 72.1 Å². The molecule has 1 aliphatic rings. The molecule has 1 amide bonds. The van der Waals surface area contributed by atoms with E-state index < -0.39 is 18.1 Å². The highest BCUT2D eigenvalue weighted by molar-refractivity contribution is 5.98. The van der Waals surface area contributed by atoms with Crippen LogP contribution < -0.4 is 0 Å². The number of hydrogen-bond donors (Lipinski definition) is 0. The number of aromatic nitrogens is 3. The fraction of sp³-hybridized carbons (Fsp3) is 0.176. The molecule has 0 unspecified atom stereocenters. The van der Waals surface area contributed by atoms with Gasteiger partial charge < -0.3 is 9.32 Å². The molecule has 1 aliphatic heterocycles. The van der Waals surface area contributed by atoms with Gasteiger partial charge in [0.2, 0.25) is 5.89 Å². The summed E-state index contributed by atoms with van der Waals surface area (Å²) in [4.78, 5) is 18.2. The fourth-order valence-electron chi connectivity index (χ4n) is 2.74. The zero-order chi connectivity index (χ0) is 18.3. The summed E-state index contributed by atoms with van der Waals surface area (Å²) in [6.45, 7) is 0.336. The lowest BCUT2D eigenvalue weighted by atomic mass is 10.1. The number of carbonyl (C=O) groups excluding carboxylic acids is 1. The number of carbonyl (C=O) groups is 1. The molecule has 0 N–H and O–H groups in total. The molecule has 6 nitrogen and oxygen atoms in total. The van der Waals surface area contributed by atoms with E-state index in [1.807, 2.05) is 0 Å². The van der Waals surface area contributed by atoms with E-state index in [-0.39, 0.29) is 30.5 Å². The molecular formula is C17H11F3N4O2. The molecule has 26 heavy (non-hydrogen) atoms. The molecule has 9 heteroatoms. The first-order valence-electron chi connectivity index (χ1n) is 7.66. The predicted molar refractivity (Wildman–Crippen MR) is 82.5 cm³/mol. The molecule has 0 saturated heterocycles. The Morgan fingerprint density at radius 2 is 2.04 bits per heavy atom. The van der Waals surface area contributed by atoms with Gasteiger partial charge in [-0.1, -0.05) is 18.2 Å².